The van der Waals surface area contributed by atoms with Gasteiger partial charge < -0.3 is 10.6 Å². The van der Waals surface area contributed by atoms with Crippen molar-refractivity contribution in [2.75, 3.05) is 11.9 Å². The van der Waals surface area contributed by atoms with Gasteiger partial charge in [0, 0.05) is 36.2 Å². The number of pyridine rings is 2. The molecule has 3 rings (SSSR count). The van der Waals surface area contributed by atoms with E-state index in [9.17, 15) is 4.79 Å². The van der Waals surface area contributed by atoms with Crippen molar-refractivity contribution in [1.82, 2.24) is 15.3 Å². The van der Waals surface area contributed by atoms with Gasteiger partial charge in [0.05, 0.1) is 12.2 Å². The number of nitrogens with one attached hydrogen (secondary N) is 2. The normalized spacial score (nSPS) is 10.5. The smallest absolute Gasteiger partial charge is 0.238 e. The first-order valence-corrected chi connectivity index (χ1v) is 7.05. The lowest BCUT2D eigenvalue weighted by molar-refractivity contribution is -0.115. The third kappa shape index (κ3) is 3.65. The molecule has 0 saturated carbocycles. The second-order valence-corrected chi connectivity index (χ2v) is 4.91. The summed E-state index contributed by atoms with van der Waals surface area (Å²) in [5.41, 5.74) is 1.69. The molecule has 0 fully saturated rings. The van der Waals surface area contributed by atoms with Gasteiger partial charge in [-0.1, -0.05) is 12.1 Å². The molecule has 0 saturated heterocycles. The number of rotatable bonds is 5. The lowest BCUT2D eigenvalue weighted by Gasteiger charge is -2.07. The minimum absolute atomic E-state index is 0.0793. The third-order valence-corrected chi connectivity index (χ3v) is 3.24. The quantitative estimate of drug-likeness (QED) is 0.757. The molecule has 0 aliphatic rings. The van der Waals surface area contributed by atoms with Crippen LogP contribution in [-0.4, -0.2) is 22.4 Å². The van der Waals surface area contributed by atoms with Crippen LogP contribution in [0.1, 0.15) is 5.69 Å². The number of fused-ring (bicyclic) bond motifs is 1. The van der Waals surface area contributed by atoms with Gasteiger partial charge in [0.1, 0.15) is 0 Å². The molecule has 0 aliphatic heterocycles. The minimum Gasteiger partial charge on any atom is -0.325 e. The van der Waals surface area contributed by atoms with Gasteiger partial charge in [-0.2, -0.15) is 0 Å². The van der Waals surface area contributed by atoms with Crippen LogP contribution in [-0.2, 0) is 11.3 Å². The summed E-state index contributed by atoms with van der Waals surface area (Å²) in [6.45, 7) is 0.808. The summed E-state index contributed by atoms with van der Waals surface area (Å²) in [4.78, 5) is 20.2. The van der Waals surface area contributed by atoms with E-state index in [1.807, 2.05) is 42.5 Å². The molecule has 0 radical (unpaired) electrons. The summed E-state index contributed by atoms with van der Waals surface area (Å²) < 4.78 is 0. The molecule has 22 heavy (non-hydrogen) atoms. The van der Waals surface area contributed by atoms with Crippen molar-refractivity contribution in [3.8, 4) is 0 Å². The Bertz CT molecular complexity index is 774. The van der Waals surface area contributed by atoms with Crippen molar-refractivity contribution >= 4 is 22.4 Å². The number of benzene rings is 1. The monoisotopic (exact) mass is 292 g/mol. The SMILES string of the molecule is O=C(CNCc1ccccn1)Nc1ccc2cnccc2c1. The molecule has 110 valence electrons. The Morgan fingerprint density at radius 1 is 1.05 bits per heavy atom. The summed E-state index contributed by atoms with van der Waals surface area (Å²) in [5.74, 6) is -0.0793. The molecular weight excluding hydrogens is 276 g/mol. The van der Waals surface area contributed by atoms with Crippen molar-refractivity contribution in [2.24, 2.45) is 0 Å². The standard InChI is InChI=1S/C17H16N4O/c22-17(12-19-11-16-3-1-2-7-20-16)21-15-5-4-14-10-18-8-6-13(14)9-15/h1-10,19H,11-12H2,(H,21,22). The number of amides is 1. The van der Waals surface area contributed by atoms with Crippen LogP contribution in [0.2, 0.25) is 0 Å². The average Bonchev–Trinajstić information content (AvgIpc) is 2.56. The van der Waals surface area contributed by atoms with Crippen molar-refractivity contribution in [3.05, 3.63) is 66.7 Å². The van der Waals surface area contributed by atoms with Crippen LogP contribution in [0.3, 0.4) is 0 Å². The van der Waals surface area contributed by atoms with Crippen LogP contribution in [0.4, 0.5) is 5.69 Å². The molecule has 1 aromatic carbocycles. The number of anilines is 1. The minimum atomic E-state index is -0.0793. The van der Waals surface area contributed by atoms with Crippen molar-refractivity contribution < 1.29 is 4.79 Å². The van der Waals surface area contributed by atoms with E-state index in [1.54, 1.807) is 18.6 Å². The zero-order valence-electron chi connectivity index (χ0n) is 12.0. The number of carbonyl (C=O) groups is 1. The fraction of sp³-hybridized carbons (Fsp3) is 0.118. The number of nitrogens with zero attached hydrogens (tertiary/aromatic N) is 2. The van der Waals surface area contributed by atoms with E-state index in [1.165, 1.54) is 0 Å². The Labute approximate surface area is 128 Å². The van der Waals surface area contributed by atoms with Crippen LogP contribution >= 0.6 is 0 Å². The van der Waals surface area contributed by atoms with E-state index in [0.29, 0.717) is 6.54 Å². The Morgan fingerprint density at radius 2 is 2.00 bits per heavy atom. The van der Waals surface area contributed by atoms with Gasteiger partial charge in [0.2, 0.25) is 5.91 Å². The first kappa shape index (κ1) is 14.2. The average molecular weight is 292 g/mol. The highest BCUT2D eigenvalue weighted by Gasteiger charge is 2.03. The molecule has 2 heterocycles. The highest BCUT2D eigenvalue weighted by molar-refractivity contribution is 5.95. The zero-order valence-corrected chi connectivity index (χ0v) is 12.0. The fourth-order valence-corrected chi connectivity index (χ4v) is 2.17. The fourth-order valence-electron chi connectivity index (χ4n) is 2.17. The Hall–Kier alpha value is -2.79. The lowest BCUT2D eigenvalue weighted by atomic mass is 10.1. The number of hydrogen-bond donors (Lipinski definition) is 2. The topological polar surface area (TPSA) is 66.9 Å². The van der Waals surface area contributed by atoms with Gasteiger partial charge in [-0.05, 0) is 35.7 Å². The predicted octanol–water partition coefficient (Wildman–Crippen LogP) is 2.36. The summed E-state index contributed by atoms with van der Waals surface area (Å²) >= 11 is 0. The Balaban J connectivity index is 1.54. The first-order chi connectivity index (χ1) is 10.8. The molecule has 5 nitrogen and oxygen atoms in total. The number of hydrogen-bond acceptors (Lipinski definition) is 4. The summed E-state index contributed by atoms with van der Waals surface area (Å²) in [6, 6.07) is 13.4. The summed E-state index contributed by atoms with van der Waals surface area (Å²) in [6.07, 6.45) is 5.28. The highest BCUT2D eigenvalue weighted by Crippen LogP contribution is 2.17. The largest absolute Gasteiger partial charge is 0.325 e. The van der Waals surface area contributed by atoms with Gasteiger partial charge in [-0.15, -0.1) is 0 Å². The molecule has 2 N–H and O–H groups in total. The molecule has 3 aromatic rings. The van der Waals surface area contributed by atoms with E-state index in [0.717, 1.165) is 22.2 Å². The molecule has 2 aromatic heterocycles. The number of carbonyl (C=O) groups excluding carboxylic acids is 1. The maximum atomic E-state index is 11.9. The van der Waals surface area contributed by atoms with Crippen molar-refractivity contribution in [3.63, 3.8) is 0 Å². The van der Waals surface area contributed by atoms with Crippen LogP contribution in [0.5, 0.6) is 0 Å². The maximum absolute atomic E-state index is 11.9. The molecular formula is C17H16N4O. The van der Waals surface area contributed by atoms with Crippen LogP contribution in [0.15, 0.2) is 61.1 Å². The molecule has 0 aliphatic carbocycles. The van der Waals surface area contributed by atoms with Gasteiger partial charge in [-0.3, -0.25) is 14.8 Å². The zero-order chi connectivity index (χ0) is 15.2. The molecule has 0 bridgehead atoms. The van der Waals surface area contributed by atoms with E-state index in [2.05, 4.69) is 20.6 Å². The van der Waals surface area contributed by atoms with Gasteiger partial charge in [-0.25, -0.2) is 0 Å². The van der Waals surface area contributed by atoms with E-state index < -0.39 is 0 Å². The summed E-state index contributed by atoms with van der Waals surface area (Å²) in [5, 5.41) is 8.05. The van der Waals surface area contributed by atoms with Gasteiger partial charge in [0.15, 0.2) is 0 Å². The van der Waals surface area contributed by atoms with E-state index >= 15 is 0 Å². The first-order valence-electron chi connectivity index (χ1n) is 7.05. The predicted molar refractivity (Wildman–Crippen MR) is 86.3 cm³/mol. The molecule has 0 unspecified atom stereocenters. The van der Waals surface area contributed by atoms with Crippen LogP contribution < -0.4 is 10.6 Å². The van der Waals surface area contributed by atoms with E-state index in [4.69, 9.17) is 0 Å². The Kier molecular flexibility index (Phi) is 4.36. The molecule has 5 heteroatoms. The Morgan fingerprint density at radius 3 is 2.86 bits per heavy atom. The van der Waals surface area contributed by atoms with Crippen molar-refractivity contribution in [2.45, 2.75) is 6.54 Å². The molecule has 0 atom stereocenters. The molecule has 1 amide bonds. The van der Waals surface area contributed by atoms with E-state index in [-0.39, 0.29) is 12.5 Å². The number of aromatic nitrogens is 2. The maximum Gasteiger partial charge on any atom is 0.238 e. The second kappa shape index (κ2) is 6.78. The third-order valence-electron chi connectivity index (χ3n) is 3.24. The van der Waals surface area contributed by atoms with Crippen LogP contribution in [0.25, 0.3) is 10.8 Å². The molecule has 0 spiro atoms. The highest BCUT2D eigenvalue weighted by atomic mass is 16.1. The summed E-state index contributed by atoms with van der Waals surface area (Å²) in [7, 11) is 0. The van der Waals surface area contributed by atoms with Gasteiger partial charge >= 0.3 is 0 Å². The van der Waals surface area contributed by atoms with Gasteiger partial charge in [0.25, 0.3) is 0 Å². The van der Waals surface area contributed by atoms with Crippen molar-refractivity contribution in [1.29, 1.82) is 0 Å². The van der Waals surface area contributed by atoms with Crippen LogP contribution in [0, 0.1) is 0 Å². The lowest BCUT2D eigenvalue weighted by Crippen LogP contribution is -2.27. The second-order valence-electron chi connectivity index (χ2n) is 4.91.